The molecule has 2 heteroatoms. The number of ether oxygens (including phenoxy) is 1. The van der Waals surface area contributed by atoms with E-state index in [1.165, 1.54) is 5.56 Å². The predicted octanol–water partition coefficient (Wildman–Crippen LogP) is 4.24. The molecule has 1 aromatic carbocycles. The summed E-state index contributed by atoms with van der Waals surface area (Å²) in [5, 5.41) is 0. The molecule has 0 saturated carbocycles. The van der Waals surface area contributed by atoms with Gasteiger partial charge in [-0.2, -0.15) is 0 Å². The van der Waals surface area contributed by atoms with E-state index in [1.807, 2.05) is 26.0 Å². The SMILES string of the molecule is Cc1ccc(OC(=O)CC(C)C)c(C(C)(C)C)c1. The van der Waals surface area contributed by atoms with E-state index in [-0.39, 0.29) is 11.4 Å². The fourth-order valence-electron chi connectivity index (χ4n) is 1.82. The van der Waals surface area contributed by atoms with Crippen LogP contribution in [0.15, 0.2) is 18.2 Å². The second-order valence-electron chi connectivity index (χ2n) is 6.32. The van der Waals surface area contributed by atoms with Gasteiger partial charge in [0.05, 0.1) is 0 Å². The Labute approximate surface area is 110 Å². The van der Waals surface area contributed by atoms with Crippen LogP contribution >= 0.6 is 0 Å². The Bertz CT molecular complexity index is 425. The van der Waals surface area contributed by atoms with Gasteiger partial charge >= 0.3 is 5.97 Å². The number of aryl methyl sites for hydroxylation is 1. The molecular formula is C16H24O2. The lowest BCUT2D eigenvalue weighted by molar-refractivity contribution is -0.135. The highest BCUT2D eigenvalue weighted by Gasteiger charge is 2.20. The highest BCUT2D eigenvalue weighted by Crippen LogP contribution is 2.32. The van der Waals surface area contributed by atoms with Crippen LogP contribution in [0.2, 0.25) is 0 Å². The first-order valence-corrected chi connectivity index (χ1v) is 6.52. The van der Waals surface area contributed by atoms with Gasteiger partial charge in [-0.05, 0) is 24.3 Å². The van der Waals surface area contributed by atoms with Crippen LogP contribution in [-0.4, -0.2) is 5.97 Å². The quantitative estimate of drug-likeness (QED) is 0.590. The van der Waals surface area contributed by atoms with Gasteiger partial charge in [-0.15, -0.1) is 0 Å². The fourth-order valence-corrected chi connectivity index (χ4v) is 1.82. The summed E-state index contributed by atoms with van der Waals surface area (Å²) in [7, 11) is 0. The minimum absolute atomic E-state index is 0.0283. The monoisotopic (exact) mass is 248 g/mol. The molecule has 100 valence electrons. The van der Waals surface area contributed by atoms with Gasteiger partial charge in [-0.3, -0.25) is 4.79 Å². The largest absolute Gasteiger partial charge is 0.426 e. The lowest BCUT2D eigenvalue weighted by Crippen LogP contribution is -2.17. The van der Waals surface area contributed by atoms with Gasteiger partial charge in [-0.1, -0.05) is 52.3 Å². The first kappa shape index (κ1) is 14.7. The van der Waals surface area contributed by atoms with Gasteiger partial charge in [0, 0.05) is 12.0 Å². The van der Waals surface area contributed by atoms with Crippen molar-refractivity contribution in [1.29, 1.82) is 0 Å². The summed E-state index contributed by atoms with van der Waals surface area (Å²) < 4.78 is 5.50. The van der Waals surface area contributed by atoms with Crippen LogP contribution < -0.4 is 4.74 Å². The molecule has 0 unspecified atom stereocenters. The standard InChI is InChI=1S/C16H24O2/c1-11(2)9-15(17)18-14-8-7-12(3)10-13(14)16(4,5)6/h7-8,10-11H,9H2,1-6H3. The first-order valence-electron chi connectivity index (χ1n) is 6.52. The van der Waals surface area contributed by atoms with Crippen LogP contribution in [0, 0.1) is 12.8 Å². The van der Waals surface area contributed by atoms with Gasteiger partial charge in [-0.25, -0.2) is 0 Å². The van der Waals surface area contributed by atoms with Crippen molar-refractivity contribution in [3.63, 3.8) is 0 Å². The van der Waals surface area contributed by atoms with Crippen molar-refractivity contribution < 1.29 is 9.53 Å². The van der Waals surface area contributed by atoms with Crippen molar-refractivity contribution in [2.45, 2.75) is 53.4 Å². The Kier molecular flexibility index (Phi) is 4.55. The van der Waals surface area contributed by atoms with Crippen molar-refractivity contribution in [2.24, 2.45) is 5.92 Å². The third-order valence-corrected chi connectivity index (χ3v) is 2.74. The van der Waals surface area contributed by atoms with Gasteiger partial charge < -0.3 is 4.74 Å². The minimum Gasteiger partial charge on any atom is -0.426 e. The summed E-state index contributed by atoms with van der Waals surface area (Å²) in [5.41, 5.74) is 2.24. The van der Waals surface area contributed by atoms with E-state index in [2.05, 4.69) is 33.8 Å². The van der Waals surface area contributed by atoms with Crippen molar-refractivity contribution in [3.8, 4) is 5.75 Å². The third-order valence-electron chi connectivity index (χ3n) is 2.74. The van der Waals surface area contributed by atoms with Gasteiger partial charge in [0.2, 0.25) is 0 Å². The maximum absolute atomic E-state index is 11.8. The number of rotatable bonds is 3. The van der Waals surface area contributed by atoms with Crippen molar-refractivity contribution in [3.05, 3.63) is 29.3 Å². The fraction of sp³-hybridized carbons (Fsp3) is 0.562. The van der Waals surface area contributed by atoms with E-state index in [9.17, 15) is 4.79 Å². The molecule has 0 spiro atoms. The molecule has 0 aromatic heterocycles. The number of hydrogen-bond donors (Lipinski definition) is 0. The number of benzene rings is 1. The molecule has 0 radical (unpaired) electrons. The average Bonchev–Trinajstić information content (AvgIpc) is 2.17. The Morgan fingerprint density at radius 2 is 1.89 bits per heavy atom. The van der Waals surface area contributed by atoms with Crippen LogP contribution in [0.1, 0.15) is 52.2 Å². The van der Waals surface area contributed by atoms with Crippen LogP contribution in [0.25, 0.3) is 0 Å². The summed E-state index contributed by atoms with van der Waals surface area (Å²) in [6.07, 6.45) is 0.456. The summed E-state index contributed by atoms with van der Waals surface area (Å²) in [6.45, 7) is 12.5. The van der Waals surface area contributed by atoms with Gasteiger partial charge in [0.25, 0.3) is 0 Å². The number of carbonyl (C=O) groups is 1. The van der Waals surface area contributed by atoms with Crippen LogP contribution in [0.5, 0.6) is 5.75 Å². The second kappa shape index (κ2) is 5.55. The van der Waals surface area contributed by atoms with Crippen LogP contribution in [0.4, 0.5) is 0 Å². The molecule has 0 N–H and O–H groups in total. The maximum Gasteiger partial charge on any atom is 0.311 e. The smallest absolute Gasteiger partial charge is 0.311 e. The number of esters is 1. The van der Waals surface area contributed by atoms with Gasteiger partial charge in [0.15, 0.2) is 0 Å². The Balaban J connectivity index is 2.99. The van der Waals surface area contributed by atoms with Crippen LogP contribution in [0.3, 0.4) is 0 Å². The van der Waals surface area contributed by atoms with Crippen molar-refractivity contribution >= 4 is 5.97 Å². The van der Waals surface area contributed by atoms with E-state index in [1.54, 1.807) is 0 Å². The normalized spacial score (nSPS) is 11.7. The molecule has 1 rings (SSSR count). The highest BCUT2D eigenvalue weighted by molar-refractivity contribution is 5.73. The zero-order chi connectivity index (χ0) is 13.9. The molecule has 2 nitrogen and oxygen atoms in total. The molecule has 0 fully saturated rings. The number of carbonyl (C=O) groups excluding carboxylic acids is 1. The van der Waals surface area contributed by atoms with Crippen molar-refractivity contribution in [1.82, 2.24) is 0 Å². The third kappa shape index (κ3) is 4.17. The molecule has 0 aliphatic rings. The van der Waals surface area contributed by atoms with E-state index < -0.39 is 0 Å². The van der Waals surface area contributed by atoms with E-state index >= 15 is 0 Å². The molecule has 1 aromatic rings. The molecular weight excluding hydrogens is 224 g/mol. The number of hydrogen-bond acceptors (Lipinski definition) is 2. The molecule has 0 amide bonds. The van der Waals surface area contributed by atoms with Gasteiger partial charge in [0.1, 0.15) is 5.75 Å². The zero-order valence-electron chi connectivity index (χ0n) is 12.3. The molecule has 0 bridgehead atoms. The molecule has 0 aliphatic carbocycles. The molecule has 0 atom stereocenters. The summed E-state index contributed by atoms with van der Waals surface area (Å²) >= 11 is 0. The van der Waals surface area contributed by atoms with E-state index in [0.29, 0.717) is 18.1 Å². The van der Waals surface area contributed by atoms with E-state index in [0.717, 1.165) is 5.56 Å². The lowest BCUT2D eigenvalue weighted by Gasteiger charge is -2.23. The van der Waals surface area contributed by atoms with Crippen LogP contribution in [-0.2, 0) is 10.2 Å². The Morgan fingerprint density at radius 3 is 2.39 bits per heavy atom. The summed E-state index contributed by atoms with van der Waals surface area (Å²) in [6, 6.07) is 5.97. The molecule has 18 heavy (non-hydrogen) atoms. The predicted molar refractivity (Wildman–Crippen MR) is 75.0 cm³/mol. The molecule has 0 heterocycles. The highest BCUT2D eigenvalue weighted by atomic mass is 16.5. The van der Waals surface area contributed by atoms with Crippen molar-refractivity contribution in [2.75, 3.05) is 0 Å². The summed E-state index contributed by atoms with van der Waals surface area (Å²) in [4.78, 5) is 11.8. The van der Waals surface area contributed by atoms with E-state index in [4.69, 9.17) is 4.74 Å². The molecule has 0 aliphatic heterocycles. The molecule has 0 saturated heterocycles. The topological polar surface area (TPSA) is 26.3 Å². The minimum atomic E-state index is -0.153. The average molecular weight is 248 g/mol. The Hall–Kier alpha value is -1.31. The first-order chi connectivity index (χ1) is 8.20. The maximum atomic E-state index is 11.8. The summed E-state index contributed by atoms with van der Waals surface area (Å²) in [5.74, 6) is 0.860. The Morgan fingerprint density at radius 1 is 1.28 bits per heavy atom. The second-order valence-corrected chi connectivity index (χ2v) is 6.32. The zero-order valence-corrected chi connectivity index (χ0v) is 12.3. The lowest BCUT2D eigenvalue weighted by atomic mass is 9.85.